The number of hydrogen-bond donors (Lipinski definition) is 1. The van der Waals surface area contributed by atoms with E-state index in [1.807, 2.05) is 22.5 Å². The molecule has 0 atom stereocenters. The van der Waals surface area contributed by atoms with Crippen molar-refractivity contribution in [2.24, 2.45) is 0 Å². The number of thiazole rings is 1. The molecule has 5 heteroatoms. The van der Waals surface area contributed by atoms with Gasteiger partial charge in [-0.1, -0.05) is 0 Å². The van der Waals surface area contributed by atoms with Gasteiger partial charge in [0.25, 0.3) is 0 Å². The minimum absolute atomic E-state index is 0.545. The highest BCUT2D eigenvalue weighted by molar-refractivity contribution is 7.09. The molecule has 0 radical (unpaired) electrons. The largest absolute Gasteiger partial charge is 0.369 e. The second-order valence-corrected chi connectivity index (χ2v) is 3.35. The fraction of sp³-hybridized carbons (Fsp3) is 0.143. The first-order chi connectivity index (χ1) is 5.86. The smallest absolute Gasteiger partial charge is 0.200 e. The van der Waals surface area contributed by atoms with Gasteiger partial charge in [0.05, 0.1) is 12.1 Å². The summed E-state index contributed by atoms with van der Waals surface area (Å²) in [5.74, 6) is 0.545. The molecule has 2 heterocycles. The maximum atomic E-state index is 5.59. The first-order valence-electron chi connectivity index (χ1n) is 3.50. The molecule has 62 valence electrons. The van der Waals surface area contributed by atoms with E-state index in [2.05, 4.69) is 9.97 Å². The lowest BCUT2D eigenvalue weighted by Crippen LogP contribution is -2.02. The second-order valence-electron chi connectivity index (χ2n) is 2.38. The highest BCUT2D eigenvalue weighted by atomic mass is 32.1. The monoisotopic (exact) mass is 180 g/mol. The molecule has 0 aliphatic carbocycles. The van der Waals surface area contributed by atoms with Gasteiger partial charge in [-0.25, -0.2) is 4.98 Å². The standard InChI is InChI=1S/C7H8N4S/c8-7-10-1-2-11(7)4-6-3-9-5-12-6/h1-3,5H,4H2,(H2,8,10). The lowest BCUT2D eigenvalue weighted by molar-refractivity contribution is 0.822. The zero-order chi connectivity index (χ0) is 8.39. The molecule has 0 aromatic carbocycles. The molecule has 0 unspecified atom stereocenters. The highest BCUT2D eigenvalue weighted by Gasteiger charge is 1.99. The molecule has 2 aromatic heterocycles. The third-order valence-corrected chi connectivity index (χ3v) is 2.32. The Bertz CT molecular complexity index is 351. The fourth-order valence-electron chi connectivity index (χ4n) is 0.963. The van der Waals surface area contributed by atoms with Gasteiger partial charge < -0.3 is 10.3 Å². The number of anilines is 1. The molecule has 4 nitrogen and oxygen atoms in total. The minimum Gasteiger partial charge on any atom is -0.369 e. The van der Waals surface area contributed by atoms with Crippen LogP contribution in [-0.2, 0) is 6.54 Å². The summed E-state index contributed by atoms with van der Waals surface area (Å²) in [6.45, 7) is 0.760. The van der Waals surface area contributed by atoms with E-state index < -0.39 is 0 Å². The lowest BCUT2D eigenvalue weighted by Gasteiger charge is -1.99. The summed E-state index contributed by atoms with van der Waals surface area (Å²) in [5, 5.41) is 0. The van der Waals surface area contributed by atoms with Crippen LogP contribution < -0.4 is 5.73 Å². The zero-order valence-electron chi connectivity index (χ0n) is 6.34. The normalized spacial score (nSPS) is 10.3. The number of nitrogen functional groups attached to an aromatic ring is 1. The third kappa shape index (κ3) is 1.31. The number of aromatic nitrogens is 3. The summed E-state index contributed by atoms with van der Waals surface area (Å²) in [7, 11) is 0. The fourth-order valence-corrected chi connectivity index (χ4v) is 1.55. The van der Waals surface area contributed by atoms with Crippen LogP contribution in [0.2, 0.25) is 0 Å². The van der Waals surface area contributed by atoms with E-state index in [9.17, 15) is 0 Å². The average Bonchev–Trinajstić information content (AvgIpc) is 2.65. The van der Waals surface area contributed by atoms with Crippen molar-refractivity contribution in [1.29, 1.82) is 0 Å². The van der Waals surface area contributed by atoms with Crippen LogP contribution in [0.25, 0.3) is 0 Å². The van der Waals surface area contributed by atoms with Crippen molar-refractivity contribution in [3.63, 3.8) is 0 Å². The lowest BCUT2D eigenvalue weighted by atomic mass is 10.5. The number of nitrogens with zero attached hydrogens (tertiary/aromatic N) is 3. The molecule has 2 N–H and O–H groups in total. The Labute approximate surface area is 73.7 Å². The van der Waals surface area contributed by atoms with E-state index in [-0.39, 0.29) is 0 Å². The first kappa shape index (κ1) is 7.30. The Morgan fingerprint density at radius 1 is 1.58 bits per heavy atom. The van der Waals surface area contributed by atoms with Crippen molar-refractivity contribution < 1.29 is 0 Å². The molecule has 0 saturated heterocycles. The molecule has 2 aromatic rings. The van der Waals surface area contributed by atoms with Crippen LogP contribution in [0.1, 0.15) is 4.88 Å². The van der Waals surface area contributed by atoms with Crippen LogP contribution in [-0.4, -0.2) is 14.5 Å². The quantitative estimate of drug-likeness (QED) is 0.749. The van der Waals surface area contributed by atoms with Crippen molar-refractivity contribution in [2.75, 3.05) is 5.73 Å². The Kier molecular flexibility index (Phi) is 1.79. The van der Waals surface area contributed by atoms with Crippen molar-refractivity contribution in [3.05, 3.63) is 29.0 Å². The number of imidazole rings is 1. The van der Waals surface area contributed by atoms with Crippen LogP contribution in [0.15, 0.2) is 24.1 Å². The van der Waals surface area contributed by atoms with Crippen molar-refractivity contribution in [3.8, 4) is 0 Å². The molecule has 2 rings (SSSR count). The summed E-state index contributed by atoms with van der Waals surface area (Å²) in [6, 6.07) is 0. The second kappa shape index (κ2) is 2.94. The van der Waals surface area contributed by atoms with E-state index in [4.69, 9.17) is 5.73 Å². The zero-order valence-corrected chi connectivity index (χ0v) is 7.16. The molecular formula is C7H8N4S. The van der Waals surface area contributed by atoms with Gasteiger partial charge in [0, 0.05) is 23.5 Å². The Morgan fingerprint density at radius 2 is 2.50 bits per heavy atom. The van der Waals surface area contributed by atoms with Gasteiger partial charge in [-0.3, -0.25) is 4.98 Å². The SMILES string of the molecule is Nc1nccn1Cc1cncs1. The summed E-state index contributed by atoms with van der Waals surface area (Å²) >= 11 is 1.61. The molecule has 0 spiro atoms. The average molecular weight is 180 g/mol. The van der Waals surface area contributed by atoms with Crippen molar-refractivity contribution >= 4 is 17.3 Å². The van der Waals surface area contributed by atoms with Gasteiger partial charge in [-0.15, -0.1) is 11.3 Å². The minimum atomic E-state index is 0.545. The Balaban J connectivity index is 2.20. The van der Waals surface area contributed by atoms with Gasteiger partial charge >= 0.3 is 0 Å². The number of rotatable bonds is 2. The third-order valence-electron chi connectivity index (χ3n) is 1.56. The van der Waals surface area contributed by atoms with Crippen LogP contribution >= 0.6 is 11.3 Å². The molecule has 0 saturated carbocycles. The molecule has 12 heavy (non-hydrogen) atoms. The van der Waals surface area contributed by atoms with Crippen LogP contribution in [0, 0.1) is 0 Å². The predicted octanol–water partition coefficient (Wildman–Crippen LogP) is 0.970. The van der Waals surface area contributed by atoms with E-state index in [1.165, 1.54) is 4.88 Å². The van der Waals surface area contributed by atoms with Gasteiger partial charge in [-0.2, -0.15) is 0 Å². The Hall–Kier alpha value is -1.36. The summed E-state index contributed by atoms with van der Waals surface area (Å²) < 4.78 is 1.88. The van der Waals surface area contributed by atoms with Crippen LogP contribution in [0.4, 0.5) is 5.95 Å². The van der Waals surface area contributed by atoms with Crippen molar-refractivity contribution in [1.82, 2.24) is 14.5 Å². The summed E-state index contributed by atoms with van der Waals surface area (Å²) in [6.07, 6.45) is 5.38. The molecular weight excluding hydrogens is 172 g/mol. The van der Waals surface area contributed by atoms with E-state index in [0.29, 0.717) is 5.95 Å². The first-order valence-corrected chi connectivity index (χ1v) is 4.38. The number of hydrogen-bond acceptors (Lipinski definition) is 4. The van der Waals surface area contributed by atoms with Gasteiger partial charge in [0.15, 0.2) is 5.95 Å². The molecule has 0 fully saturated rings. The Morgan fingerprint density at radius 3 is 3.08 bits per heavy atom. The molecule has 0 aliphatic rings. The molecule has 0 amide bonds. The maximum Gasteiger partial charge on any atom is 0.200 e. The van der Waals surface area contributed by atoms with E-state index in [1.54, 1.807) is 17.5 Å². The summed E-state index contributed by atoms with van der Waals surface area (Å²) in [5.41, 5.74) is 7.40. The summed E-state index contributed by atoms with van der Waals surface area (Å²) in [4.78, 5) is 9.08. The van der Waals surface area contributed by atoms with Crippen LogP contribution in [0.5, 0.6) is 0 Å². The predicted molar refractivity (Wildman–Crippen MR) is 47.9 cm³/mol. The van der Waals surface area contributed by atoms with E-state index in [0.717, 1.165) is 6.54 Å². The highest BCUT2D eigenvalue weighted by Crippen LogP contribution is 2.09. The molecule has 0 bridgehead atoms. The maximum absolute atomic E-state index is 5.59. The van der Waals surface area contributed by atoms with Gasteiger partial charge in [0.2, 0.25) is 0 Å². The number of nitrogens with two attached hydrogens (primary N) is 1. The van der Waals surface area contributed by atoms with Crippen LogP contribution in [0.3, 0.4) is 0 Å². The topological polar surface area (TPSA) is 56.7 Å². The van der Waals surface area contributed by atoms with E-state index >= 15 is 0 Å². The molecule has 0 aliphatic heterocycles. The van der Waals surface area contributed by atoms with Gasteiger partial charge in [-0.05, 0) is 0 Å². The van der Waals surface area contributed by atoms with Gasteiger partial charge in [0.1, 0.15) is 0 Å². The van der Waals surface area contributed by atoms with Crippen molar-refractivity contribution in [2.45, 2.75) is 6.54 Å².